The molecular weight excluding hydrogens is 242 g/mol. The summed E-state index contributed by atoms with van der Waals surface area (Å²) < 4.78 is 5.93. The van der Waals surface area contributed by atoms with Gasteiger partial charge in [-0.2, -0.15) is 0 Å². The molecule has 4 nitrogen and oxygen atoms in total. The molecule has 0 saturated carbocycles. The van der Waals surface area contributed by atoms with Gasteiger partial charge in [0.25, 0.3) is 0 Å². The first-order valence-corrected chi connectivity index (χ1v) is 6.62. The molecule has 1 saturated heterocycles. The van der Waals surface area contributed by atoms with Crippen LogP contribution < -0.4 is 0 Å². The van der Waals surface area contributed by atoms with Crippen LogP contribution >= 0.6 is 0 Å². The SMILES string of the molecule is CC1(C)COC(c2ccccc2)CN1CCC(=O)O. The van der Waals surface area contributed by atoms with Crippen LogP contribution in [0.5, 0.6) is 0 Å². The van der Waals surface area contributed by atoms with Crippen molar-refractivity contribution in [1.82, 2.24) is 4.90 Å². The number of benzene rings is 1. The average molecular weight is 263 g/mol. The van der Waals surface area contributed by atoms with Gasteiger partial charge in [-0.1, -0.05) is 30.3 Å². The van der Waals surface area contributed by atoms with Gasteiger partial charge in [0.15, 0.2) is 0 Å². The van der Waals surface area contributed by atoms with Crippen molar-refractivity contribution < 1.29 is 14.6 Å². The molecule has 0 aliphatic carbocycles. The van der Waals surface area contributed by atoms with Crippen molar-refractivity contribution in [1.29, 1.82) is 0 Å². The Balaban J connectivity index is 2.05. The summed E-state index contributed by atoms with van der Waals surface area (Å²) in [6, 6.07) is 10.1. The van der Waals surface area contributed by atoms with Crippen molar-refractivity contribution in [3.05, 3.63) is 35.9 Å². The van der Waals surface area contributed by atoms with Crippen LogP contribution in [0, 0.1) is 0 Å². The predicted octanol–water partition coefficient (Wildman–Crippen LogP) is 2.31. The number of nitrogens with zero attached hydrogens (tertiary/aromatic N) is 1. The molecule has 0 aromatic heterocycles. The molecule has 0 bridgehead atoms. The molecule has 0 amide bonds. The average Bonchev–Trinajstić information content (AvgIpc) is 2.38. The van der Waals surface area contributed by atoms with Gasteiger partial charge >= 0.3 is 5.97 Å². The molecule has 1 unspecified atom stereocenters. The van der Waals surface area contributed by atoms with E-state index in [1.165, 1.54) is 0 Å². The molecule has 19 heavy (non-hydrogen) atoms. The van der Waals surface area contributed by atoms with Gasteiger partial charge in [-0.15, -0.1) is 0 Å². The fraction of sp³-hybridized carbons (Fsp3) is 0.533. The van der Waals surface area contributed by atoms with Gasteiger partial charge in [-0.25, -0.2) is 0 Å². The van der Waals surface area contributed by atoms with Gasteiger partial charge in [-0.3, -0.25) is 9.69 Å². The minimum Gasteiger partial charge on any atom is -0.481 e. The quantitative estimate of drug-likeness (QED) is 0.905. The Labute approximate surface area is 114 Å². The first-order chi connectivity index (χ1) is 8.99. The minimum absolute atomic E-state index is 0.0306. The molecule has 104 valence electrons. The summed E-state index contributed by atoms with van der Waals surface area (Å²) in [7, 11) is 0. The number of hydrogen-bond acceptors (Lipinski definition) is 3. The van der Waals surface area contributed by atoms with Crippen molar-refractivity contribution >= 4 is 5.97 Å². The molecule has 1 heterocycles. The van der Waals surface area contributed by atoms with Gasteiger partial charge in [-0.05, 0) is 19.4 Å². The van der Waals surface area contributed by atoms with E-state index in [1.807, 2.05) is 18.2 Å². The zero-order valence-electron chi connectivity index (χ0n) is 11.5. The largest absolute Gasteiger partial charge is 0.481 e. The molecule has 1 N–H and O–H groups in total. The number of carboxylic acid groups (broad SMARTS) is 1. The lowest BCUT2D eigenvalue weighted by Gasteiger charge is -2.45. The topological polar surface area (TPSA) is 49.8 Å². The normalized spacial score (nSPS) is 23.2. The van der Waals surface area contributed by atoms with E-state index in [0.717, 1.165) is 12.1 Å². The van der Waals surface area contributed by atoms with E-state index in [9.17, 15) is 4.79 Å². The van der Waals surface area contributed by atoms with Gasteiger partial charge in [0.2, 0.25) is 0 Å². The molecule has 1 aliphatic heterocycles. The standard InChI is InChI=1S/C15H21NO3/c1-15(2)11-19-13(12-6-4-3-5-7-12)10-16(15)9-8-14(17)18/h3-7,13H,8-11H2,1-2H3,(H,17,18). The molecule has 2 rings (SSSR count). The van der Waals surface area contributed by atoms with E-state index in [2.05, 4.69) is 30.9 Å². The van der Waals surface area contributed by atoms with Crippen LogP contribution in [0.3, 0.4) is 0 Å². The first kappa shape index (κ1) is 14.0. The van der Waals surface area contributed by atoms with E-state index >= 15 is 0 Å². The Hall–Kier alpha value is -1.39. The fourth-order valence-corrected chi connectivity index (χ4v) is 2.39. The molecule has 4 heteroatoms. The van der Waals surface area contributed by atoms with Crippen LogP contribution in [-0.2, 0) is 9.53 Å². The number of morpholine rings is 1. The van der Waals surface area contributed by atoms with Crippen LogP contribution in [0.1, 0.15) is 31.9 Å². The lowest BCUT2D eigenvalue weighted by Crippen LogP contribution is -2.54. The molecule has 1 aromatic carbocycles. The summed E-state index contributed by atoms with van der Waals surface area (Å²) in [5.74, 6) is -0.751. The van der Waals surface area contributed by atoms with E-state index in [1.54, 1.807) is 0 Å². The summed E-state index contributed by atoms with van der Waals surface area (Å²) in [6.45, 7) is 6.11. The van der Waals surface area contributed by atoms with E-state index in [-0.39, 0.29) is 18.1 Å². The first-order valence-electron chi connectivity index (χ1n) is 6.62. The Bertz CT molecular complexity index is 430. The predicted molar refractivity (Wildman–Crippen MR) is 73.0 cm³/mol. The van der Waals surface area contributed by atoms with Gasteiger partial charge in [0, 0.05) is 18.6 Å². The third kappa shape index (κ3) is 3.55. The van der Waals surface area contributed by atoms with Crippen LogP contribution in [0.15, 0.2) is 30.3 Å². The number of carboxylic acids is 1. The molecule has 1 aliphatic rings. The number of ether oxygens (including phenoxy) is 1. The molecule has 0 radical (unpaired) electrons. The highest BCUT2D eigenvalue weighted by molar-refractivity contribution is 5.66. The van der Waals surface area contributed by atoms with Crippen LogP contribution in [0.25, 0.3) is 0 Å². The second kappa shape index (κ2) is 5.72. The Morgan fingerprint density at radius 3 is 2.74 bits per heavy atom. The lowest BCUT2D eigenvalue weighted by molar-refractivity contribution is -0.140. The maximum absolute atomic E-state index is 10.7. The van der Waals surface area contributed by atoms with Crippen molar-refractivity contribution in [3.63, 3.8) is 0 Å². The zero-order valence-corrected chi connectivity index (χ0v) is 11.5. The Kier molecular flexibility index (Phi) is 4.22. The second-order valence-corrected chi connectivity index (χ2v) is 5.61. The maximum Gasteiger partial charge on any atom is 0.304 e. The lowest BCUT2D eigenvalue weighted by atomic mass is 9.98. The maximum atomic E-state index is 10.7. The highest BCUT2D eigenvalue weighted by atomic mass is 16.5. The highest BCUT2D eigenvalue weighted by Crippen LogP contribution is 2.30. The third-order valence-corrected chi connectivity index (χ3v) is 3.65. The highest BCUT2D eigenvalue weighted by Gasteiger charge is 2.35. The Morgan fingerprint density at radius 1 is 1.42 bits per heavy atom. The summed E-state index contributed by atoms with van der Waals surface area (Å²) in [4.78, 5) is 13.0. The van der Waals surface area contributed by atoms with Crippen molar-refractivity contribution in [2.24, 2.45) is 0 Å². The number of hydrogen-bond donors (Lipinski definition) is 1. The number of aliphatic carboxylic acids is 1. The Morgan fingerprint density at radius 2 is 2.11 bits per heavy atom. The van der Waals surface area contributed by atoms with E-state index < -0.39 is 5.97 Å². The minimum atomic E-state index is -0.751. The summed E-state index contributed by atoms with van der Waals surface area (Å²) in [6.07, 6.45) is 0.202. The summed E-state index contributed by atoms with van der Waals surface area (Å²) in [5, 5.41) is 8.84. The van der Waals surface area contributed by atoms with Crippen LogP contribution in [0.2, 0.25) is 0 Å². The molecule has 0 spiro atoms. The van der Waals surface area contributed by atoms with Gasteiger partial charge in [0.1, 0.15) is 0 Å². The van der Waals surface area contributed by atoms with Crippen molar-refractivity contribution in [2.45, 2.75) is 31.9 Å². The smallest absolute Gasteiger partial charge is 0.304 e. The summed E-state index contributed by atoms with van der Waals surface area (Å²) >= 11 is 0. The molecule has 1 fully saturated rings. The molecular formula is C15H21NO3. The monoisotopic (exact) mass is 263 g/mol. The summed E-state index contributed by atoms with van der Waals surface area (Å²) in [5.41, 5.74) is 1.04. The van der Waals surface area contributed by atoms with Crippen molar-refractivity contribution in [3.8, 4) is 0 Å². The molecule has 1 atom stereocenters. The van der Waals surface area contributed by atoms with E-state index in [4.69, 9.17) is 9.84 Å². The molecule has 1 aromatic rings. The number of carbonyl (C=O) groups is 1. The van der Waals surface area contributed by atoms with Crippen LogP contribution in [0.4, 0.5) is 0 Å². The third-order valence-electron chi connectivity index (χ3n) is 3.65. The van der Waals surface area contributed by atoms with E-state index in [0.29, 0.717) is 13.2 Å². The van der Waals surface area contributed by atoms with Crippen LogP contribution in [-0.4, -0.2) is 41.2 Å². The van der Waals surface area contributed by atoms with Crippen molar-refractivity contribution in [2.75, 3.05) is 19.7 Å². The number of rotatable bonds is 4. The zero-order chi connectivity index (χ0) is 13.9. The second-order valence-electron chi connectivity index (χ2n) is 5.61. The van der Waals surface area contributed by atoms with Gasteiger partial charge < -0.3 is 9.84 Å². The van der Waals surface area contributed by atoms with Gasteiger partial charge in [0.05, 0.1) is 19.1 Å². The fourth-order valence-electron chi connectivity index (χ4n) is 2.39.